The van der Waals surface area contributed by atoms with Crippen LogP contribution in [0.4, 0.5) is 27.8 Å². The van der Waals surface area contributed by atoms with Crippen molar-refractivity contribution in [3.05, 3.63) is 59.3 Å². The summed E-state index contributed by atoms with van der Waals surface area (Å²) >= 11 is 0. The lowest BCUT2D eigenvalue weighted by molar-refractivity contribution is -0.138. The van der Waals surface area contributed by atoms with Crippen LogP contribution in [0.25, 0.3) is 0 Å². The summed E-state index contributed by atoms with van der Waals surface area (Å²) in [6, 6.07) is 5.32. The van der Waals surface area contributed by atoms with Gasteiger partial charge in [-0.1, -0.05) is 6.07 Å². The zero-order chi connectivity index (χ0) is 21.7. The molecule has 1 fully saturated rings. The fraction of sp³-hybridized carbons (Fsp3) is 0.400. The first kappa shape index (κ1) is 25.1. The van der Waals surface area contributed by atoms with Crippen LogP contribution in [0.3, 0.4) is 0 Å². The summed E-state index contributed by atoms with van der Waals surface area (Å²) in [6.07, 6.45) is -2.46. The number of hydrogen-bond acceptors (Lipinski definition) is 3. The molecule has 0 bridgehead atoms. The Balaban J connectivity index is 0.00000341. The summed E-state index contributed by atoms with van der Waals surface area (Å²) < 4.78 is 66.7. The van der Waals surface area contributed by atoms with Crippen molar-refractivity contribution in [2.75, 3.05) is 24.5 Å². The van der Waals surface area contributed by atoms with Gasteiger partial charge in [-0.25, -0.2) is 18.8 Å². The van der Waals surface area contributed by atoms with Gasteiger partial charge in [-0.05, 0) is 43.2 Å². The van der Waals surface area contributed by atoms with Crippen LogP contribution in [0.5, 0.6) is 0 Å². The highest BCUT2D eigenvalue weighted by Gasteiger charge is 2.33. The van der Waals surface area contributed by atoms with Gasteiger partial charge in [-0.3, -0.25) is 0 Å². The number of rotatable bonds is 5. The Bertz CT molecular complexity index is 906. The third kappa shape index (κ3) is 6.65. The van der Waals surface area contributed by atoms with Crippen molar-refractivity contribution < 1.29 is 22.0 Å². The topological polar surface area (TPSA) is 52.6 Å². The van der Waals surface area contributed by atoms with Crippen LogP contribution in [-0.2, 0) is 12.7 Å². The fourth-order valence-corrected chi connectivity index (χ4v) is 3.31. The van der Waals surface area contributed by atoms with E-state index in [1.165, 1.54) is 18.3 Å². The maximum atomic E-state index is 13.9. The standard InChI is InChI=1S/C20H22F5N5.HI/c1-2-26-19(28-11-13-5-6-14(21)10-16(13)20(23,24)25)29-15-7-9-30(12-15)18-17(22)4-3-8-27-18;/h3-6,8,10,15H,2,7,9,11-12H2,1H3,(H2,26,28,29);1H. The van der Waals surface area contributed by atoms with Crippen molar-refractivity contribution in [1.29, 1.82) is 0 Å². The smallest absolute Gasteiger partial charge is 0.357 e. The van der Waals surface area contributed by atoms with Crippen LogP contribution in [0.15, 0.2) is 41.5 Å². The lowest BCUT2D eigenvalue weighted by Gasteiger charge is -2.20. The molecule has 1 saturated heterocycles. The molecule has 2 aromatic rings. The molecule has 3 rings (SSSR count). The molecule has 0 radical (unpaired) electrons. The third-order valence-electron chi connectivity index (χ3n) is 4.70. The molecule has 1 unspecified atom stereocenters. The average molecular weight is 555 g/mol. The molecule has 2 heterocycles. The van der Waals surface area contributed by atoms with E-state index in [1.807, 2.05) is 6.92 Å². The second kappa shape index (κ2) is 10.9. The van der Waals surface area contributed by atoms with Crippen molar-refractivity contribution in [3.8, 4) is 0 Å². The van der Waals surface area contributed by atoms with E-state index >= 15 is 0 Å². The summed E-state index contributed by atoms with van der Waals surface area (Å²) in [7, 11) is 0. The van der Waals surface area contributed by atoms with E-state index in [1.54, 1.807) is 4.90 Å². The van der Waals surface area contributed by atoms with Crippen LogP contribution in [0.1, 0.15) is 24.5 Å². The third-order valence-corrected chi connectivity index (χ3v) is 4.70. The Morgan fingerprint density at radius 3 is 2.71 bits per heavy atom. The lowest BCUT2D eigenvalue weighted by atomic mass is 10.1. The maximum absolute atomic E-state index is 13.9. The van der Waals surface area contributed by atoms with Gasteiger partial charge in [0.1, 0.15) is 5.82 Å². The van der Waals surface area contributed by atoms with Gasteiger partial charge in [0.15, 0.2) is 17.6 Å². The fourth-order valence-electron chi connectivity index (χ4n) is 3.31. The molecule has 11 heteroatoms. The summed E-state index contributed by atoms with van der Waals surface area (Å²) in [5.41, 5.74) is -1.16. The van der Waals surface area contributed by atoms with E-state index in [9.17, 15) is 22.0 Å². The number of nitrogens with zero attached hydrogens (tertiary/aromatic N) is 3. The summed E-state index contributed by atoms with van der Waals surface area (Å²) in [5.74, 6) is -0.754. The first-order valence-corrected chi connectivity index (χ1v) is 9.54. The van der Waals surface area contributed by atoms with E-state index in [2.05, 4.69) is 20.6 Å². The minimum absolute atomic E-state index is 0. The molecule has 5 nitrogen and oxygen atoms in total. The first-order chi connectivity index (χ1) is 14.3. The first-order valence-electron chi connectivity index (χ1n) is 9.54. The predicted octanol–water partition coefficient (Wildman–Crippen LogP) is 4.33. The Hall–Kier alpha value is -2.18. The molecule has 1 aliphatic rings. The van der Waals surface area contributed by atoms with Gasteiger partial charge in [-0.15, -0.1) is 24.0 Å². The molecule has 1 atom stereocenters. The zero-order valence-electron chi connectivity index (χ0n) is 16.7. The summed E-state index contributed by atoms with van der Waals surface area (Å²) in [5, 5.41) is 6.16. The minimum Gasteiger partial charge on any atom is -0.357 e. The molecule has 1 aromatic carbocycles. The second-order valence-electron chi connectivity index (χ2n) is 6.88. The van der Waals surface area contributed by atoms with Crippen molar-refractivity contribution in [2.45, 2.75) is 32.1 Å². The van der Waals surface area contributed by atoms with E-state index < -0.39 is 23.4 Å². The van der Waals surface area contributed by atoms with Crippen LogP contribution >= 0.6 is 24.0 Å². The second-order valence-corrected chi connectivity index (χ2v) is 6.88. The number of halogens is 6. The van der Waals surface area contributed by atoms with Crippen molar-refractivity contribution in [3.63, 3.8) is 0 Å². The molecular formula is C20H23F5IN5. The number of hydrogen-bond donors (Lipinski definition) is 2. The van der Waals surface area contributed by atoms with Crippen molar-refractivity contribution >= 4 is 35.8 Å². The van der Waals surface area contributed by atoms with Crippen LogP contribution in [-0.4, -0.2) is 36.6 Å². The number of guanidine groups is 1. The van der Waals surface area contributed by atoms with Gasteiger partial charge in [0.2, 0.25) is 0 Å². The molecule has 1 aliphatic heterocycles. The van der Waals surface area contributed by atoms with Gasteiger partial charge in [0.05, 0.1) is 12.1 Å². The summed E-state index contributed by atoms with van der Waals surface area (Å²) in [4.78, 5) is 10.1. The quantitative estimate of drug-likeness (QED) is 0.250. The van der Waals surface area contributed by atoms with E-state index in [4.69, 9.17) is 0 Å². The van der Waals surface area contributed by atoms with Crippen molar-refractivity contribution in [2.24, 2.45) is 4.99 Å². The van der Waals surface area contributed by atoms with Crippen LogP contribution in [0.2, 0.25) is 0 Å². The lowest BCUT2D eigenvalue weighted by Crippen LogP contribution is -2.44. The van der Waals surface area contributed by atoms with E-state index in [0.29, 0.717) is 38.1 Å². The maximum Gasteiger partial charge on any atom is 0.416 e. The van der Waals surface area contributed by atoms with Gasteiger partial charge in [0, 0.05) is 31.9 Å². The highest BCUT2D eigenvalue weighted by molar-refractivity contribution is 14.0. The van der Waals surface area contributed by atoms with Crippen LogP contribution in [0, 0.1) is 11.6 Å². The normalized spacial score (nSPS) is 16.8. The largest absolute Gasteiger partial charge is 0.416 e. The highest BCUT2D eigenvalue weighted by atomic mass is 127. The van der Waals surface area contributed by atoms with Crippen molar-refractivity contribution in [1.82, 2.24) is 15.6 Å². The molecule has 0 saturated carbocycles. The Kier molecular flexibility index (Phi) is 8.83. The molecule has 170 valence electrons. The number of pyridine rings is 1. The number of alkyl halides is 3. The summed E-state index contributed by atoms with van der Waals surface area (Å²) in [6.45, 7) is 3.13. The minimum atomic E-state index is -4.67. The Morgan fingerprint density at radius 2 is 2.03 bits per heavy atom. The van der Waals surface area contributed by atoms with Gasteiger partial charge in [0.25, 0.3) is 0 Å². The Labute approximate surface area is 194 Å². The van der Waals surface area contributed by atoms with E-state index in [0.717, 1.165) is 12.1 Å². The average Bonchev–Trinajstić information content (AvgIpc) is 3.15. The zero-order valence-corrected chi connectivity index (χ0v) is 19.0. The SMILES string of the molecule is CCNC(=NCc1ccc(F)cc1C(F)(F)F)NC1CCN(c2ncccc2F)C1.I. The van der Waals surface area contributed by atoms with E-state index in [-0.39, 0.29) is 47.9 Å². The molecule has 2 N–H and O–H groups in total. The molecule has 0 aliphatic carbocycles. The molecule has 1 aromatic heterocycles. The number of nitrogens with one attached hydrogen (secondary N) is 2. The van der Waals surface area contributed by atoms with Crippen LogP contribution < -0.4 is 15.5 Å². The highest BCUT2D eigenvalue weighted by Crippen LogP contribution is 2.32. The number of anilines is 1. The number of aliphatic imine (C=N–C) groups is 1. The predicted molar refractivity (Wildman–Crippen MR) is 120 cm³/mol. The molecular weight excluding hydrogens is 532 g/mol. The van der Waals surface area contributed by atoms with Gasteiger partial charge < -0.3 is 15.5 Å². The number of benzene rings is 1. The number of aromatic nitrogens is 1. The monoisotopic (exact) mass is 555 g/mol. The molecule has 31 heavy (non-hydrogen) atoms. The Morgan fingerprint density at radius 1 is 1.26 bits per heavy atom. The molecule has 0 amide bonds. The molecule has 0 spiro atoms. The van der Waals surface area contributed by atoms with Gasteiger partial charge >= 0.3 is 6.18 Å². The van der Waals surface area contributed by atoms with Gasteiger partial charge in [-0.2, -0.15) is 13.2 Å².